The first-order chi connectivity index (χ1) is 9.91. The minimum Gasteiger partial charge on any atom is -0.483 e. The molecule has 1 aromatic rings. The Bertz CT molecular complexity index is 492. The Morgan fingerprint density at radius 1 is 1.24 bits per heavy atom. The minimum atomic E-state index is -0.0634. The lowest BCUT2D eigenvalue weighted by atomic mass is 10.2. The highest BCUT2D eigenvalue weighted by atomic mass is 32.1. The van der Waals surface area contributed by atoms with E-state index in [0.717, 1.165) is 13.0 Å². The van der Waals surface area contributed by atoms with Crippen LogP contribution in [0.1, 0.15) is 12.0 Å². The summed E-state index contributed by atoms with van der Waals surface area (Å²) < 4.78 is 5.54. The van der Waals surface area contributed by atoms with Crippen LogP contribution in [-0.4, -0.2) is 61.5 Å². The predicted molar refractivity (Wildman–Crippen MR) is 88.6 cm³/mol. The molecule has 0 atom stereocenters. The maximum atomic E-state index is 12.0. The Kier molecular flexibility index (Phi) is 7.11. The Balaban J connectivity index is 2.47. The Labute approximate surface area is 131 Å². The summed E-state index contributed by atoms with van der Waals surface area (Å²) in [4.78, 5) is 16.0. The molecule has 0 heterocycles. The van der Waals surface area contributed by atoms with Crippen LogP contribution in [0, 0.1) is 0 Å². The fourth-order valence-electron chi connectivity index (χ4n) is 1.79. The van der Waals surface area contributed by atoms with E-state index in [0.29, 0.717) is 17.9 Å². The van der Waals surface area contributed by atoms with Crippen LogP contribution in [0.5, 0.6) is 5.75 Å². The van der Waals surface area contributed by atoms with Gasteiger partial charge >= 0.3 is 0 Å². The Morgan fingerprint density at radius 3 is 2.52 bits per heavy atom. The van der Waals surface area contributed by atoms with Gasteiger partial charge < -0.3 is 20.3 Å². The van der Waals surface area contributed by atoms with Crippen molar-refractivity contribution < 1.29 is 9.53 Å². The van der Waals surface area contributed by atoms with Crippen LogP contribution >= 0.6 is 12.2 Å². The van der Waals surface area contributed by atoms with Gasteiger partial charge in [-0.15, -0.1) is 0 Å². The van der Waals surface area contributed by atoms with Gasteiger partial charge in [-0.3, -0.25) is 4.79 Å². The summed E-state index contributed by atoms with van der Waals surface area (Å²) in [6.07, 6.45) is 0.929. The molecule has 21 heavy (non-hydrogen) atoms. The lowest BCUT2D eigenvalue weighted by Crippen LogP contribution is -2.33. The summed E-state index contributed by atoms with van der Waals surface area (Å²) in [5, 5.41) is 0. The first-order valence-electron chi connectivity index (χ1n) is 6.82. The van der Waals surface area contributed by atoms with E-state index in [9.17, 15) is 4.79 Å². The van der Waals surface area contributed by atoms with E-state index in [1.165, 1.54) is 0 Å². The number of likely N-dealkylation sites (N-methyl/N-ethyl adjacent to an activating group) is 1. The van der Waals surface area contributed by atoms with E-state index in [1.54, 1.807) is 24.1 Å². The summed E-state index contributed by atoms with van der Waals surface area (Å²) in [5.74, 6) is 0.478. The number of rotatable bonds is 8. The van der Waals surface area contributed by atoms with Crippen molar-refractivity contribution in [2.45, 2.75) is 6.42 Å². The molecule has 2 N–H and O–H groups in total. The number of para-hydroxylation sites is 1. The molecule has 1 aromatic carbocycles. The summed E-state index contributed by atoms with van der Waals surface area (Å²) in [6, 6.07) is 7.19. The molecule has 0 aliphatic heterocycles. The molecule has 0 spiro atoms. The van der Waals surface area contributed by atoms with Crippen LogP contribution in [0.2, 0.25) is 0 Å². The minimum absolute atomic E-state index is 0.0158. The number of thiocarbonyl (C=S) groups is 1. The molecule has 0 aromatic heterocycles. The van der Waals surface area contributed by atoms with Crippen LogP contribution < -0.4 is 10.5 Å². The monoisotopic (exact) mass is 309 g/mol. The second-order valence-electron chi connectivity index (χ2n) is 5.12. The molecule has 0 aliphatic rings. The summed E-state index contributed by atoms with van der Waals surface area (Å²) in [7, 11) is 5.80. The van der Waals surface area contributed by atoms with Crippen LogP contribution in [0.25, 0.3) is 0 Å². The molecule has 0 unspecified atom stereocenters. The van der Waals surface area contributed by atoms with Crippen LogP contribution in [0.3, 0.4) is 0 Å². The fraction of sp³-hybridized carbons (Fsp3) is 0.467. The van der Waals surface area contributed by atoms with Gasteiger partial charge in [0.25, 0.3) is 5.91 Å². The van der Waals surface area contributed by atoms with Gasteiger partial charge in [-0.25, -0.2) is 0 Å². The predicted octanol–water partition coefficient (Wildman–Crippen LogP) is 1.11. The Hall–Kier alpha value is -1.66. The topological polar surface area (TPSA) is 58.8 Å². The van der Waals surface area contributed by atoms with Gasteiger partial charge in [0.05, 0.1) is 5.56 Å². The van der Waals surface area contributed by atoms with Crippen molar-refractivity contribution >= 4 is 23.1 Å². The molecule has 0 saturated carbocycles. The average Bonchev–Trinajstić information content (AvgIpc) is 2.44. The van der Waals surface area contributed by atoms with Gasteiger partial charge in [0.15, 0.2) is 6.61 Å². The lowest BCUT2D eigenvalue weighted by Gasteiger charge is -2.19. The van der Waals surface area contributed by atoms with Crippen molar-refractivity contribution in [3.8, 4) is 5.75 Å². The molecular weight excluding hydrogens is 286 g/mol. The average molecular weight is 309 g/mol. The molecule has 0 fully saturated rings. The summed E-state index contributed by atoms with van der Waals surface area (Å²) in [5.41, 5.74) is 6.27. The quantitative estimate of drug-likeness (QED) is 0.729. The number of carbonyl (C=O) groups is 1. The molecule has 116 valence electrons. The van der Waals surface area contributed by atoms with Gasteiger partial charge in [-0.05, 0) is 39.2 Å². The largest absolute Gasteiger partial charge is 0.483 e. The fourth-order valence-corrected chi connectivity index (χ4v) is 1.96. The number of ether oxygens (including phenoxy) is 1. The third-order valence-electron chi connectivity index (χ3n) is 3.03. The number of carbonyl (C=O) groups excluding carboxylic acids is 1. The zero-order valence-electron chi connectivity index (χ0n) is 12.8. The zero-order valence-corrected chi connectivity index (χ0v) is 13.7. The van der Waals surface area contributed by atoms with Crippen molar-refractivity contribution in [2.24, 2.45) is 5.73 Å². The second kappa shape index (κ2) is 8.59. The third-order valence-corrected chi connectivity index (χ3v) is 3.25. The van der Waals surface area contributed by atoms with Crippen LogP contribution in [0.15, 0.2) is 24.3 Å². The van der Waals surface area contributed by atoms with Crippen molar-refractivity contribution in [3.05, 3.63) is 29.8 Å². The third kappa shape index (κ3) is 6.10. The zero-order chi connectivity index (χ0) is 15.8. The molecule has 5 nitrogen and oxygen atoms in total. The number of hydrogen-bond acceptors (Lipinski definition) is 4. The van der Waals surface area contributed by atoms with E-state index < -0.39 is 0 Å². The molecule has 0 radical (unpaired) electrons. The van der Waals surface area contributed by atoms with Gasteiger partial charge in [-0.1, -0.05) is 24.4 Å². The maximum absolute atomic E-state index is 12.0. The van der Waals surface area contributed by atoms with Crippen molar-refractivity contribution in [2.75, 3.05) is 40.8 Å². The van der Waals surface area contributed by atoms with Crippen molar-refractivity contribution in [1.82, 2.24) is 9.80 Å². The second-order valence-corrected chi connectivity index (χ2v) is 5.56. The number of nitrogens with zero attached hydrogens (tertiary/aromatic N) is 2. The molecular formula is C15H23N3O2S. The molecule has 1 amide bonds. The highest BCUT2D eigenvalue weighted by Gasteiger charge is 2.11. The highest BCUT2D eigenvalue weighted by molar-refractivity contribution is 7.80. The lowest BCUT2D eigenvalue weighted by molar-refractivity contribution is -0.132. The Morgan fingerprint density at radius 2 is 1.90 bits per heavy atom. The van der Waals surface area contributed by atoms with E-state index in [2.05, 4.69) is 4.90 Å². The van der Waals surface area contributed by atoms with Gasteiger partial charge in [0.2, 0.25) is 0 Å². The SMILES string of the molecule is CN(C)CCCN(C)C(=O)COc1ccccc1C(N)=S. The standard InChI is InChI=1S/C15H23N3O2S/c1-17(2)9-6-10-18(3)14(19)11-20-13-8-5-4-7-12(13)15(16)21/h4-5,7-8H,6,9-11H2,1-3H3,(H2,16,21). The maximum Gasteiger partial charge on any atom is 0.260 e. The highest BCUT2D eigenvalue weighted by Crippen LogP contribution is 2.17. The van der Waals surface area contributed by atoms with Crippen molar-refractivity contribution in [3.63, 3.8) is 0 Å². The number of benzene rings is 1. The molecule has 6 heteroatoms. The van der Waals surface area contributed by atoms with Gasteiger partial charge in [0, 0.05) is 13.6 Å². The first-order valence-corrected chi connectivity index (χ1v) is 7.23. The molecule has 0 bridgehead atoms. The van der Waals surface area contributed by atoms with Gasteiger partial charge in [0.1, 0.15) is 10.7 Å². The van der Waals surface area contributed by atoms with E-state index >= 15 is 0 Å². The number of hydrogen-bond donors (Lipinski definition) is 1. The summed E-state index contributed by atoms with van der Waals surface area (Å²) in [6.45, 7) is 1.64. The van der Waals surface area contributed by atoms with Crippen LogP contribution in [0.4, 0.5) is 0 Å². The normalized spacial score (nSPS) is 10.5. The van der Waals surface area contributed by atoms with E-state index in [1.807, 2.05) is 26.2 Å². The number of nitrogens with two attached hydrogens (primary N) is 1. The molecule has 1 rings (SSSR count). The van der Waals surface area contributed by atoms with E-state index in [-0.39, 0.29) is 17.5 Å². The van der Waals surface area contributed by atoms with E-state index in [4.69, 9.17) is 22.7 Å². The smallest absolute Gasteiger partial charge is 0.260 e. The molecule has 0 aliphatic carbocycles. The number of amides is 1. The molecule has 0 saturated heterocycles. The summed E-state index contributed by atoms with van der Waals surface area (Å²) >= 11 is 4.96. The van der Waals surface area contributed by atoms with Crippen LogP contribution in [-0.2, 0) is 4.79 Å². The van der Waals surface area contributed by atoms with Crippen molar-refractivity contribution in [1.29, 1.82) is 0 Å². The van der Waals surface area contributed by atoms with Gasteiger partial charge in [-0.2, -0.15) is 0 Å². The first kappa shape index (κ1) is 17.4.